The number of nitrogens with one attached hydrogen (secondary N) is 1. The zero-order chi connectivity index (χ0) is 23.6. The maximum absolute atomic E-state index is 13.2. The Morgan fingerprint density at radius 1 is 0.939 bits per heavy atom. The third kappa shape index (κ3) is 5.25. The molecule has 1 fully saturated rings. The number of rotatable bonds is 6. The van der Waals surface area contributed by atoms with Gasteiger partial charge in [0.1, 0.15) is 0 Å². The summed E-state index contributed by atoms with van der Waals surface area (Å²) in [5.41, 5.74) is 0.715. The van der Waals surface area contributed by atoms with Gasteiger partial charge in [0.05, 0.1) is 15.7 Å². The minimum atomic E-state index is -3.77. The summed E-state index contributed by atoms with van der Waals surface area (Å²) in [6.45, 7) is 0.691. The number of fused-ring (bicyclic) bond motifs is 1. The number of primary sulfonamides is 1. The lowest BCUT2D eigenvalue weighted by Crippen LogP contribution is -2.45. The molecule has 10 heteroatoms. The number of piperidine rings is 1. The average Bonchev–Trinajstić information content (AvgIpc) is 2.82. The van der Waals surface area contributed by atoms with Crippen LogP contribution in [0.4, 0.5) is 0 Å². The first-order valence-electron chi connectivity index (χ1n) is 10.5. The van der Waals surface area contributed by atoms with Crippen molar-refractivity contribution in [3.63, 3.8) is 0 Å². The SMILES string of the molecule is NS(=O)(=O)c1ccc(CNC(=O)[C@H]2CCCN(S(=O)(=O)c3ccc4ccccc4c3)C2)cc1. The van der Waals surface area contributed by atoms with Crippen LogP contribution in [0.5, 0.6) is 0 Å². The second kappa shape index (κ2) is 9.22. The van der Waals surface area contributed by atoms with Crippen molar-refractivity contribution in [3.8, 4) is 0 Å². The van der Waals surface area contributed by atoms with Gasteiger partial charge >= 0.3 is 0 Å². The summed E-state index contributed by atoms with van der Waals surface area (Å²) in [6.07, 6.45) is 1.19. The molecular weight excluding hydrogens is 462 g/mol. The minimum Gasteiger partial charge on any atom is -0.352 e. The van der Waals surface area contributed by atoms with Crippen LogP contribution in [0.15, 0.2) is 76.5 Å². The van der Waals surface area contributed by atoms with Crippen LogP contribution in [0.2, 0.25) is 0 Å². The van der Waals surface area contributed by atoms with E-state index in [1.807, 2.05) is 24.3 Å². The molecule has 0 bridgehead atoms. The molecule has 0 radical (unpaired) electrons. The maximum atomic E-state index is 13.2. The van der Waals surface area contributed by atoms with Crippen LogP contribution in [-0.4, -0.2) is 40.1 Å². The molecule has 4 rings (SSSR count). The Balaban J connectivity index is 1.42. The number of carbonyl (C=O) groups is 1. The second-order valence-electron chi connectivity index (χ2n) is 8.12. The Bertz CT molecular complexity index is 1390. The highest BCUT2D eigenvalue weighted by atomic mass is 32.2. The molecule has 1 aliphatic rings. The van der Waals surface area contributed by atoms with Crippen LogP contribution in [-0.2, 0) is 31.4 Å². The molecular formula is C23H25N3O5S2. The molecule has 1 atom stereocenters. The van der Waals surface area contributed by atoms with Gasteiger partial charge in [0.2, 0.25) is 26.0 Å². The van der Waals surface area contributed by atoms with E-state index in [4.69, 9.17) is 5.14 Å². The number of amides is 1. The van der Waals surface area contributed by atoms with Gasteiger partial charge in [0, 0.05) is 19.6 Å². The molecule has 3 aromatic rings. The average molecular weight is 488 g/mol. The molecule has 1 amide bonds. The van der Waals surface area contributed by atoms with Gasteiger partial charge in [-0.3, -0.25) is 4.79 Å². The Kier molecular flexibility index (Phi) is 6.53. The Morgan fingerprint density at radius 3 is 2.30 bits per heavy atom. The highest BCUT2D eigenvalue weighted by Gasteiger charge is 2.33. The quantitative estimate of drug-likeness (QED) is 0.551. The first-order chi connectivity index (χ1) is 15.6. The van der Waals surface area contributed by atoms with Crippen molar-refractivity contribution in [1.29, 1.82) is 0 Å². The van der Waals surface area contributed by atoms with Crippen LogP contribution >= 0.6 is 0 Å². The van der Waals surface area contributed by atoms with E-state index in [2.05, 4.69) is 5.32 Å². The van der Waals surface area contributed by atoms with Crippen molar-refractivity contribution in [2.75, 3.05) is 13.1 Å². The van der Waals surface area contributed by atoms with E-state index in [0.29, 0.717) is 24.9 Å². The molecule has 3 N–H and O–H groups in total. The monoisotopic (exact) mass is 487 g/mol. The Hall–Kier alpha value is -2.79. The smallest absolute Gasteiger partial charge is 0.243 e. The normalized spacial score (nSPS) is 17.7. The Labute approximate surface area is 193 Å². The number of hydrogen-bond donors (Lipinski definition) is 2. The van der Waals surface area contributed by atoms with E-state index >= 15 is 0 Å². The van der Waals surface area contributed by atoms with Gasteiger partial charge in [0.25, 0.3) is 0 Å². The van der Waals surface area contributed by atoms with Gasteiger partial charge in [-0.1, -0.05) is 42.5 Å². The fraction of sp³-hybridized carbons (Fsp3) is 0.261. The molecule has 174 valence electrons. The number of nitrogens with two attached hydrogens (primary N) is 1. The summed E-state index contributed by atoms with van der Waals surface area (Å²) >= 11 is 0. The summed E-state index contributed by atoms with van der Waals surface area (Å²) in [5, 5.41) is 9.72. The molecule has 1 heterocycles. The lowest BCUT2D eigenvalue weighted by molar-refractivity contribution is -0.126. The van der Waals surface area contributed by atoms with Gasteiger partial charge in [-0.25, -0.2) is 22.0 Å². The molecule has 1 aliphatic heterocycles. The van der Waals surface area contributed by atoms with Crippen molar-refractivity contribution in [2.45, 2.75) is 29.2 Å². The Morgan fingerprint density at radius 2 is 1.61 bits per heavy atom. The first-order valence-corrected chi connectivity index (χ1v) is 13.5. The van der Waals surface area contributed by atoms with Gasteiger partial charge < -0.3 is 5.32 Å². The topological polar surface area (TPSA) is 127 Å². The standard InChI is InChI=1S/C23H25N3O5S2/c24-32(28,29)21-10-7-17(8-11-21)15-25-23(27)20-6-3-13-26(16-20)33(30,31)22-12-9-18-4-1-2-5-19(18)14-22/h1-2,4-5,7-12,14,20H,3,6,13,15-16H2,(H,25,27)(H2,24,28,29)/t20-/m0/s1. The van der Waals surface area contributed by atoms with E-state index in [-0.39, 0.29) is 28.8 Å². The van der Waals surface area contributed by atoms with Gasteiger partial charge in [-0.2, -0.15) is 4.31 Å². The van der Waals surface area contributed by atoms with E-state index in [0.717, 1.165) is 10.8 Å². The zero-order valence-corrected chi connectivity index (χ0v) is 19.5. The van der Waals surface area contributed by atoms with Crippen molar-refractivity contribution >= 4 is 36.7 Å². The summed E-state index contributed by atoms with van der Waals surface area (Å²) in [6, 6.07) is 18.6. The molecule has 1 saturated heterocycles. The molecule has 0 saturated carbocycles. The number of hydrogen-bond acceptors (Lipinski definition) is 5. The second-order valence-corrected chi connectivity index (χ2v) is 11.6. The molecule has 0 unspecified atom stereocenters. The van der Waals surface area contributed by atoms with E-state index < -0.39 is 26.0 Å². The number of carbonyl (C=O) groups excluding carboxylic acids is 1. The molecule has 0 spiro atoms. The fourth-order valence-corrected chi connectivity index (χ4v) is 6.06. The molecule has 3 aromatic carbocycles. The fourth-order valence-electron chi connectivity index (χ4n) is 3.98. The van der Waals surface area contributed by atoms with E-state index in [1.54, 1.807) is 30.3 Å². The molecule has 8 nitrogen and oxygen atoms in total. The zero-order valence-electron chi connectivity index (χ0n) is 17.8. The van der Waals surface area contributed by atoms with Crippen molar-refractivity contribution in [1.82, 2.24) is 9.62 Å². The summed E-state index contributed by atoms with van der Waals surface area (Å²) in [7, 11) is -7.49. The predicted octanol–water partition coefficient (Wildman–Crippen LogP) is 2.20. The van der Waals surface area contributed by atoms with Crippen molar-refractivity contribution in [2.24, 2.45) is 11.1 Å². The minimum absolute atomic E-state index is 0.000559. The van der Waals surface area contributed by atoms with Crippen LogP contribution in [0, 0.1) is 5.92 Å². The van der Waals surface area contributed by atoms with Gasteiger partial charge in [-0.05, 0) is 53.4 Å². The van der Waals surface area contributed by atoms with Crippen molar-refractivity contribution in [3.05, 3.63) is 72.3 Å². The lowest BCUT2D eigenvalue weighted by atomic mass is 9.99. The van der Waals surface area contributed by atoms with Crippen LogP contribution in [0.25, 0.3) is 10.8 Å². The van der Waals surface area contributed by atoms with E-state index in [9.17, 15) is 21.6 Å². The van der Waals surface area contributed by atoms with Crippen LogP contribution in [0.1, 0.15) is 18.4 Å². The number of benzene rings is 3. The highest BCUT2D eigenvalue weighted by molar-refractivity contribution is 7.89. The third-order valence-corrected chi connectivity index (χ3v) is 8.62. The third-order valence-electron chi connectivity index (χ3n) is 5.83. The number of sulfonamides is 2. The summed E-state index contributed by atoms with van der Waals surface area (Å²) < 4.78 is 50.5. The van der Waals surface area contributed by atoms with Crippen LogP contribution in [0.3, 0.4) is 0 Å². The lowest BCUT2D eigenvalue weighted by Gasteiger charge is -2.31. The number of nitrogens with zero attached hydrogens (tertiary/aromatic N) is 1. The van der Waals surface area contributed by atoms with Gasteiger partial charge in [-0.15, -0.1) is 0 Å². The van der Waals surface area contributed by atoms with Crippen LogP contribution < -0.4 is 10.5 Å². The largest absolute Gasteiger partial charge is 0.352 e. The molecule has 33 heavy (non-hydrogen) atoms. The molecule has 0 aromatic heterocycles. The summed E-state index contributed by atoms with van der Waals surface area (Å²) in [5.74, 6) is -0.693. The van der Waals surface area contributed by atoms with Crippen molar-refractivity contribution < 1.29 is 21.6 Å². The van der Waals surface area contributed by atoms with Gasteiger partial charge in [0.15, 0.2) is 0 Å². The predicted molar refractivity (Wildman–Crippen MR) is 125 cm³/mol. The maximum Gasteiger partial charge on any atom is 0.243 e. The van der Waals surface area contributed by atoms with E-state index in [1.165, 1.54) is 16.4 Å². The summed E-state index contributed by atoms with van der Waals surface area (Å²) in [4.78, 5) is 13.0. The first kappa shape index (κ1) is 23.4. The highest BCUT2D eigenvalue weighted by Crippen LogP contribution is 2.26. The molecule has 0 aliphatic carbocycles.